The average molecular weight is 271 g/mol. The third kappa shape index (κ3) is 3.85. The zero-order chi connectivity index (χ0) is 13.7. The van der Waals surface area contributed by atoms with Crippen molar-refractivity contribution in [2.24, 2.45) is 5.92 Å². The molecule has 0 aliphatic heterocycles. The van der Waals surface area contributed by atoms with Gasteiger partial charge in [0, 0.05) is 6.54 Å². The van der Waals surface area contributed by atoms with Crippen LogP contribution in [0.1, 0.15) is 16.6 Å². The second-order valence-electron chi connectivity index (χ2n) is 3.80. The van der Waals surface area contributed by atoms with Gasteiger partial charge < -0.3 is 15.1 Å². The van der Waals surface area contributed by atoms with E-state index in [1.54, 1.807) is 17.5 Å². The summed E-state index contributed by atoms with van der Waals surface area (Å²) in [6.45, 7) is 0.797. The lowest BCUT2D eigenvalue weighted by Crippen LogP contribution is -2.40. The molecule has 0 aliphatic rings. The first-order valence-electron chi connectivity index (χ1n) is 5.19. The van der Waals surface area contributed by atoms with Crippen LogP contribution in [0.5, 0.6) is 0 Å². The van der Waals surface area contributed by atoms with Crippen LogP contribution in [0.4, 0.5) is 0 Å². The van der Waals surface area contributed by atoms with Gasteiger partial charge in [-0.3, -0.25) is 14.4 Å². The monoisotopic (exact) mass is 271 g/mol. The minimum atomic E-state index is -1.17. The molecule has 0 fully saturated rings. The van der Waals surface area contributed by atoms with Crippen molar-refractivity contribution >= 4 is 29.2 Å². The Labute approximate surface area is 107 Å². The van der Waals surface area contributed by atoms with Crippen LogP contribution >= 0.6 is 11.3 Å². The first kappa shape index (κ1) is 14.2. The molecular weight excluding hydrogens is 258 g/mol. The van der Waals surface area contributed by atoms with E-state index in [0.29, 0.717) is 4.88 Å². The SMILES string of the molecule is CC(CN(CC(=O)O)C(=O)c1cccs1)C(=O)O. The van der Waals surface area contributed by atoms with E-state index in [1.807, 2.05) is 0 Å². The van der Waals surface area contributed by atoms with Crippen molar-refractivity contribution in [2.75, 3.05) is 13.1 Å². The predicted molar refractivity (Wildman–Crippen MR) is 64.7 cm³/mol. The van der Waals surface area contributed by atoms with Crippen LogP contribution in [0.25, 0.3) is 0 Å². The lowest BCUT2D eigenvalue weighted by atomic mass is 10.1. The molecule has 1 unspecified atom stereocenters. The van der Waals surface area contributed by atoms with Gasteiger partial charge in [0.15, 0.2) is 0 Å². The first-order chi connectivity index (χ1) is 8.41. The summed E-state index contributed by atoms with van der Waals surface area (Å²) in [7, 11) is 0. The van der Waals surface area contributed by atoms with E-state index < -0.39 is 30.3 Å². The molecule has 2 N–H and O–H groups in total. The molecule has 0 aromatic carbocycles. The summed E-state index contributed by atoms with van der Waals surface area (Å²) in [5.74, 6) is -3.50. The number of hydrogen-bond acceptors (Lipinski definition) is 4. The highest BCUT2D eigenvalue weighted by atomic mass is 32.1. The highest BCUT2D eigenvalue weighted by Gasteiger charge is 2.23. The van der Waals surface area contributed by atoms with Crippen LogP contribution in [0.3, 0.4) is 0 Å². The van der Waals surface area contributed by atoms with Crippen LogP contribution in [0, 0.1) is 5.92 Å². The number of nitrogens with zero attached hydrogens (tertiary/aromatic N) is 1. The molecule has 1 atom stereocenters. The highest BCUT2D eigenvalue weighted by molar-refractivity contribution is 7.12. The fourth-order valence-corrected chi connectivity index (χ4v) is 2.04. The Kier molecular flexibility index (Phi) is 4.85. The van der Waals surface area contributed by atoms with Crippen molar-refractivity contribution in [1.29, 1.82) is 0 Å². The molecule has 1 amide bonds. The summed E-state index contributed by atoms with van der Waals surface area (Å²) >= 11 is 1.19. The molecule has 0 radical (unpaired) electrons. The Bertz CT molecular complexity index is 442. The lowest BCUT2D eigenvalue weighted by molar-refractivity contribution is -0.143. The number of carbonyl (C=O) groups excluding carboxylic acids is 1. The lowest BCUT2D eigenvalue weighted by Gasteiger charge is -2.21. The smallest absolute Gasteiger partial charge is 0.323 e. The summed E-state index contributed by atoms with van der Waals surface area (Å²) in [5.41, 5.74) is 0. The number of amides is 1. The van der Waals surface area contributed by atoms with E-state index in [0.717, 1.165) is 4.90 Å². The Morgan fingerprint density at radius 3 is 2.50 bits per heavy atom. The molecule has 7 heteroatoms. The molecule has 0 saturated heterocycles. The Balaban J connectivity index is 2.81. The topological polar surface area (TPSA) is 94.9 Å². The van der Waals surface area contributed by atoms with Crippen molar-refractivity contribution in [1.82, 2.24) is 4.90 Å². The van der Waals surface area contributed by atoms with Gasteiger partial charge in [-0.05, 0) is 11.4 Å². The van der Waals surface area contributed by atoms with Gasteiger partial charge in [0.1, 0.15) is 6.54 Å². The van der Waals surface area contributed by atoms with Crippen LogP contribution < -0.4 is 0 Å². The number of thiophene rings is 1. The average Bonchev–Trinajstić information content (AvgIpc) is 2.79. The van der Waals surface area contributed by atoms with Crippen molar-refractivity contribution < 1.29 is 24.6 Å². The molecule has 1 rings (SSSR count). The Morgan fingerprint density at radius 1 is 1.39 bits per heavy atom. The van der Waals surface area contributed by atoms with Crippen molar-refractivity contribution in [2.45, 2.75) is 6.92 Å². The van der Waals surface area contributed by atoms with Crippen LogP contribution in [-0.4, -0.2) is 46.0 Å². The number of hydrogen-bond donors (Lipinski definition) is 2. The molecule has 1 aromatic heterocycles. The Hall–Kier alpha value is -1.89. The Morgan fingerprint density at radius 2 is 2.06 bits per heavy atom. The number of rotatable bonds is 6. The molecule has 0 saturated carbocycles. The summed E-state index contributed by atoms with van der Waals surface area (Å²) < 4.78 is 0. The van der Waals surface area contributed by atoms with Gasteiger partial charge in [-0.15, -0.1) is 11.3 Å². The molecule has 18 heavy (non-hydrogen) atoms. The number of carbonyl (C=O) groups is 3. The van der Waals surface area contributed by atoms with Gasteiger partial charge in [0.05, 0.1) is 10.8 Å². The molecular formula is C11H13NO5S. The predicted octanol–water partition coefficient (Wildman–Crippen LogP) is 0.996. The van der Waals surface area contributed by atoms with E-state index >= 15 is 0 Å². The second-order valence-corrected chi connectivity index (χ2v) is 4.74. The van der Waals surface area contributed by atoms with Crippen molar-refractivity contribution in [3.63, 3.8) is 0 Å². The first-order valence-corrected chi connectivity index (χ1v) is 6.07. The van der Waals surface area contributed by atoms with Crippen LogP contribution in [0.2, 0.25) is 0 Å². The molecule has 1 heterocycles. The van der Waals surface area contributed by atoms with Crippen molar-refractivity contribution in [3.8, 4) is 0 Å². The highest BCUT2D eigenvalue weighted by Crippen LogP contribution is 2.13. The van der Waals surface area contributed by atoms with Gasteiger partial charge in [-0.25, -0.2) is 0 Å². The second kappa shape index (κ2) is 6.15. The third-order valence-corrected chi connectivity index (χ3v) is 3.12. The molecule has 6 nitrogen and oxygen atoms in total. The van der Waals surface area contributed by atoms with Gasteiger partial charge in [0.25, 0.3) is 5.91 Å². The standard InChI is InChI=1S/C11H13NO5S/c1-7(11(16)17)5-12(6-9(13)14)10(15)8-3-2-4-18-8/h2-4,7H,5-6H2,1H3,(H,13,14)(H,16,17). The zero-order valence-corrected chi connectivity index (χ0v) is 10.5. The summed E-state index contributed by atoms with van der Waals surface area (Å²) in [6, 6.07) is 3.25. The maximum atomic E-state index is 12.0. The van der Waals surface area contributed by atoms with Gasteiger partial charge in [-0.1, -0.05) is 13.0 Å². The van der Waals surface area contributed by atoms with E-state index in [1.165, 1.54) is 18.3 Å². The van der Waals surface area contributed by atoms with Gasteiger partial charge in [0.2, 0.25) is 0 Å². The fourth-order valence-electron chi connectivity index (χ4n) is 1.35. The van der Waals surface area contributed by atoms with Gasteiger partial charge >= 0.3 is 11.9 Å². The molecule has 0 bridgehead atoms. The largest absolute Gasteiger partial charge is 0.481 e. The molecule has 98 valence electrons. The zero-order valence-electron chi connectivity index (χ0n) is 9.70. The minimum absolute atomic E-state index is 0.127. The van der Waals surface area contributed by atoms with E-state index in [2.05, 4.69) is 0 Å². The van der Waals surface area contributed by atoms with Gasteiger partial charge in [-0.2, -0.15) is 0 Å². The van der Waals surface area contributed by atoms with Crippen LogP contribution in [-0.2, 0) is 9.59 Å². The van der Waals surface area contributed by atoms with E-state index in [-0.39, 0.29) is 6.54 Å². The van der Waals surface area contributed by atoms with Crippen LogP contribution in [0.15, 0.2) is 17.5 Å². The molecule has 0 spiro atoms. The quantitative estimate of drug-likeness (QED) is 0.804. The summed E-state index contributed by atoms with van der Waals surface area (Å²) in [6.07, 6.45) is 0. The normalized spacial score (nSPS) is 11.8. The summed E-state index contributed by atoms with van der Waals surface area (Å²) in [4.78, 5) is 34.9. The van der Waals surface area contributed by atoms with E-state index in [4.69, 9.17) is 10.2 Å². The van der Waals surface area contributed by atoms with Crippen molar-refractivity contribution in [3.05, 3.63) is 22.4 Å². The fraction of sp³-hybridized carbons (Fsp3) is 0.364. The number of aliphatic carboxylic acids is 2. The van der Waals surface area contributed by atoms with E-state index in [9.17, 15) is 14.4 Å². The number of carboxylic acid groups (broad SMARTS) is 2. The minimum Gasteiger partial charge on any atom is -0.481 e. The molecule has 1 aromatic rings. The molecule has 0 aliphatic carbocycles. The number of carboxylic acids is 2. The third-order valence-electron chi connectivity index (χ3n) is 2.26. The summed E-state index contributed by atoms with van der Waals surface area (Å²) in [5, 5.41) is 19.2. The maximum Gasteiger partial charge on any atom is 0.323 e. The maximum absolute atomic E-state index is 12.0.